The highest BCUT2D eigenvalue weighted by Crippen LogP contribution is 2.20. The van der Waals surface area contributed by atoms with E-state index in [0.29, 0.717) is 11.5 Å². The number of hydrogen-bond acceptors (Lipinski definition) is 4. The number of rotatable bonds is 5. The van der Waals surface area contributed by atoms with Crippen LogP contribution in [0.3, 0.4) is 0 Å². The number of pyridine rings is 1. The number of nitrogens with one attached hydrogen (secondary N) is 1. The summed E-state index contributed by atoms with van der Waals surface area (Å²) in [7, 11) is 0. The normalized spacial score (nSPS) is 9.85. The van der Waals surface area contributed by atoms with Gasteiger partial charge < -0.3 is 10.2 Å². The molecule has 0 atom stereocenters. The van der Waals surface area contributed by atoms with Gasteiger partial charge in [0.1, 0.15) is 17.6 Å². The quantitative estimate of drug-likeness (QED) is 0.899. The lowest BCUT2D eigenvalue weighted by Gasteiger charge is -2.21. The molecule has 1 N–H and O–H groups in total. The van der Waals surface area contributed by atoms with E-state index in [0.717, 1.165) is 18.8 Å². The highest BCUT2D eigenvalue weighted by Gasteiger charge is 2.02. The van der Waals surface area contributed by atoms with Crippen LogP contribution in [0, 0.1) is 11.3 Å². The second kappa shape index (κ2) is 6.58. The van der Waals surface area contributed by atoms with Crippen molar-refractivity contribution in [2.45, 2.75) is 13.8 Å². The molecule has 4 heteroatoms. The van der Waals surface area contributed by atoms with E-state index < -0.39 is 0 Å². The Morgan fingerprint density at radius 3 is 2.40 bits per heavy atom. The minimum Gasteiger partial charge on any atom is -0.372 e. The van der Waals surface area contributed by atoms with Crippen LogP contribution in [0.25, 0.3) is 0 Å². The molecule has 2 rings (SSSR count). The fraction of sp³-hybridized carbons (Fsp3) is 0.250. The van der Waals surface area contributed by atoms with Crippen molar-refractivity contribution in [1.29, 1.82) is 5.26 Å². The van der Waals surface area contributed by atoms with Crippen molar-refractivity contribution in [3.05, 3.63) is 48.2 Å². The zero-order chi connectivity index (χ0) is 14.4. The molecule has 2 aromatic rings. The minimum absolute atomic E-state index is 0.412. The van der Waals surface area contributed by atoms with Crippen molar-refractivity contribution in [3.8, 4) is 6.07 Å². The van der Waals surface area contributed by atoms with Crippen molar-refractivity contribution in [2.75, 3.05) is 23.3 Å². The highest BCUT2D eigenvalue weighted by atomic mass is 15.1. The van der Waals surface area contributed by atoms with Crippen molar-refractivity contribution in [2.24, 2.45) is 0 Å². The van der Waals surface area contributed by atoms with E-state index >= 15 is 0 Å². The fourth-order valence-electron chi connectivity index (χ4n) is 2.06. The van der Waals surface area contributed by atoms with E-state index in [1.807, 2.05) is 30.3 Å². The van der Waals surface area contributed by atoms with E-state index in [4.69, 9.17) is 5.26 Å². The molecule has 0 aliphatic rings. The van der Waals surface area contributed by atoms with Crippen molar-refractivity contribution >= 4 is 17.2 Å². The van der Waals surface area contributed by atoms with Crippen LogP contribution in [0.2, 0.25) is 0 Å². The summed E-state index contributed by atoms with van der Waals surface area (Å²) in [5.41, 5.74) is 2.58. The van der Waals surface area contributed by atoms with Crippen LogP contribution < -0.4 is 10.2 Å². The van der Waals surface area contributed by atoms with E-state index in [-0.39, 0.29) is 0 Å². The average molecular weight is 266 g/mol. The largest absolute Gasteiger partial charge is 0.372 e. The maximum absolute atomic E-state index is 8.83. The van der Waals surface area contributed by atoms with Crippen LogP contribution in [0.1, 0.15) is 19.5 Å². The Bertz CT molecular complexity index is 595. The van der Waals surface area contributed by atoms with E-state index in [1.54, 1.807) is 6.07 Å². The van der Waals surface area contributed by atoms with Crippen LogP contribution in [-0.4, -0.2) is 18.1 Å². The van der Waals surface area contributed by atoms with E-state index in [1.165, 1.54) is 5.69 Å². The molecular weight excluding hydrogens is 248 g/mol. The maximum atomic E-state index is 8.83. The topological polar surface area (TPSA) is 52.0 Å². The van der Waals surface area contributed by atoms with Gasteiger partial charge in [-0.05, 0) is 50.2 Å². The summed E-state index contributed by atoms with van der Waals surface area (Å²) in [5, 5.41) is 12.0. The van der Waals surface area contributed by atoms with E-state index in [2.05, 4.69) is 41.2 Å². The molecule has 20 heavy (non-hydrogen) atoms. The summed E-state index contributed by atoms with van der Waals surface area (Å²) in [6, 6.07) is 15.6. The highest BCUT2D eigenvalue weighted by molar-refractivity contribution is 5.61. The lowest BCUT2D eigenvalue weighted by molar-refractivity contribution is 0.866. The van der Waals surface area contributed by atoms with Gasteiger partial charge >= 0.3 is 0 Å². The Morgan fingerprint density at radius 2 is 1.80 bits per heavy atom. The Hall–Kier alpha value is -2.54. The van der Waals surface area contributed by atoms with Gasteiger partial charge in [-0.3, -0.25) is 0 Å². The molecule has 1 aromatic carbocycles. The number of hydrogen-bond donors (Lipinski definition) is 1. The standard InChI is InChI=1S/C16H18N4/c1-3-20(4-2)15-10-8-13(9-11-15)18-16-7-5-6-14(12-17)19-16/h5-11H,3-4H2,1-2H3,(H,18,19). The summed E-state index contributed by atoms with van der Waals surface area (Å²) >= 11 is 0. The summed E-state index contributed by atoms with van der Waals surface area (Å²) in [6.07, 6.45) is 0. The molecule has 1 heterocycles. The van der Waals surface area contributed by atoms with Crippen molar-refractivity contribution in [1.82, 2.24) is 4.98 Å². The maximum Gasteiger partial charge on any atom is 0.142 e. The van der Waals surface area contributed by atoms with E-state index in [9.17, 15) is 0 Å². The summed E-state index contributed by atoms with van der Waals surface area (Å²) in [5.74, 6) is 0.680. The molecule has 4 nitrogen and oxygen atoms in total. The van der Waals surface area contributed by atoms with Gasteiger partial charge in [0.2, 0.25) is 0 Å². The van der Waals surface area contributed by atoms with Gasteiger partial charge in [-0.25, -0.2) is 4.98 Å². The number of nitriles is 1. The second-order valence-electron chi connectivity index (χ2n) is 4.36. The molecule has 0 aliphatic carbocycles. The lowest BCUT2D eigenvalue weighted by Crippen LogP contribution is -2.21. The molecule has 1 aromatic heterocycles. The zero-order valence-electron chi connectivity index (χ0n) is 11.8. The lowest BCUT2D eigenvalue weighted by atomic mass is 10.2. The smallest absolute Gasteiger partial charge is 0.142 e. The first-order valence-electron chi connectivity index (χ1n) is 6.76. The van der Waals surface area contributed by atoms with Crippen LogP contribution in [0.5, 0.6) is 0 Å². The average Bonchev–Trinajstić information content (AvgIpc) is 2.50. The third-order valence-electron chi connectivity index (χ3n) is 3.13. The molecular formula is C16H18N4. The summed E-state index contributed by atoms with van der Waals surface area (Å²) < 4.78 is 0. The third kappa shape index (κ3) is 3.27. The first kappa shape index (κ1) is 13.9. The predicted octanol–water partition coefficient (Wildman–Crippen LogP) is 3.54. The fourth-order valence-corrected chi connectivity index (χ4v) is 2.06. The van der Waals surface area contributed by atoms with Gasteiger partial charge in [-0.1, -0.05) is 6.07 Å². The SMILES string of the molecule is CCN(CC)c1ccc(Nc2cccc(C#N)n2)cc1. The molecule has 0 saturated carbocycles. The van der Waals surface area contributed by atoms with Gasteiger partial charge in [0.05, 0.1) is 0 Å². The zero-order valence-corrected chi connectivity index (χ0v) is 11.8. The molecule has 0 bridgehead atoms. The van der Waals surface area contributed by atoms with Crippen LogP contribution in [0.4, 0.5) is 17.2 Å². The Kier molecular flexibility index (Phi) is 4.56. The third-order valence-corrected chi connectivity index (χ3v) is 3.13. The van der Waals surface area contributed by atoms with Gasteiger partial charge in [0.15, 0.2) is 0 Å². The minimum atomic E-state index is 0.412. The first-order chi connectivity index (χ1) is 9.76. The number of benzene rings is 1. The molecule has 0 radical (unpaired) electrons. The number of nitrogens with zero attached hydrogens (tertiary/aromatic N) is 3. The molecule has 0 saturated heterocycles. The van der Waals surface area contributed by atoms with Crippen molar-refractivity contribution < 1.29 is 0 Å². The van der Waals surface area contributed by atoms with Gasteiger partial charge in [0.25, 0.3) is 0 Å². The van der Waals surface area contributed by atoms with Gasteiger partial charge in [-0.15, -0.1) is 0 Å². The first-order valence-corrected chi connectivity index (χ1v) is 6.76. The van der Waals surface area contributed by atoms with Gasteiger partial charge in [-0.2, -0.15) is 5.26 Å². The van der Waals surface area contributed by atoms with Crippen LogP contribution in [0.15, 0.2) is 42.5 Å². The summed E-state index contributed by atoms with van der Waals surface area (Å²) in [4.78, 5) is 6.48. The number of anilines is 3. The number of aromatic nitrogens is 1. The predicted molar refractivity (Wildman–Crippen MR) is 82.2 cm³/mol. The molecule has 102 valence electrons. The Balaban J connectivity index is 2.12. The van der Waals surface area contributed by atoms with Crippen molar-refractivity contribution in [3.63, 3.8) is 0 Å². The Labute approximate surface area is 119 Å². The van der Waals surface area contributed by atoms with Gasteiger partial charge in [0, 0.05) is 24.5 Å². The monoisotopic (exact) mass is 266 g/mol. The molecule has 0 aliphatic heterocycles. The molecule has 0 fully saturated rings. The molecule has 0 unspecified atom stereocenters. The molecule has 0 spiro atoms. The Morgan fingerprint density at radius 1 is 1.10 bits per heavy atom. The van der Waals surface area contributed by atoms with Crippen LogP contribution >= 0.6 is 0 Å². The second-order valence-corrected chi connectivity index (χ2v) is 4.36. The summed E-state index contributed by atoms with van der Waals surface area (Å²) in [6.45, 7) is 6.28. The molecule has 0 amide bonds. The van der Waals surface area contributed by atoms with Crippen LogP contribution in [-0.2, 0) is 0 Å².